The van der Waals surface area contributed by atoms with Crippen LogP contribution in [0.15, 0.2) is 18.2 Å². The molecule has 0 aromatic heterocycles. The molecule has 0 N–H and O–H groups in total. The van der Waals surface area contributed by atoms with Gasteiger partial charge in [-0.1, -0.05) is 6.92 Å². The first-order valence-electron chi connectivity index (χ1n) is 11.4. The van der Waals surface area contributed by atoms with Crippen molar-refractivity contribution in [3.63, 3.8) is 0 Å². The van der Waals surface area contributed by atoms with Crippen molar-refractivity contribution >= 4 is 34.8 Å². The summed E-state index contributed by atoms with van der Waals surface area (Å²) in [5.74, 6) is -1.17. The van der Waals surface area contributed by atoms with Crippen molar-refractivity contribution in [1.29, 1.82) is 0 Å². The molecule has 2 heterocycles. The van der Waals surface area contributed by atoms with Crippen LogP contribution in [0.1, 0.15) is 46.0 Å². The molecule has 9 nitrogen and oxygen atoms in total. The molecule has 9 heteroatoms. The van der Waals surface area contributed by atoms with Crippen molar-refractivity contribution in [2.24, 2.45) is 23.7 Å². The van der Waals surface area contributed by atoms with E-state index in [2.05, 4.69) is 6.92 Å². The number of carbonyl (C=O) groups is 3. The van der Waals surface area contributed by atoms with Crippen LogP contribution in [-0.2, 0) is 19.1 Å². The molecule has 1 aromatic rings. The Labute approximate surface area is 186 Å². The third-order valence-corrected chi connectivity index (χ3v) is 7.06. The van der Waals surface area contributed by atoms with Crippen molar-refractivity contribution in [1.82, 2.24) is 0 Å². The van der Waals surface area contributed by atoms with Crippen LogP contribution in [0, 0.1) is 33.8 Å². The number of nitro groups is 1. The van der Waals surface area contributed by atoms with Gasteiger partial charge in [0.15, 0.2) is 0 Å². The number of rotatable bonds is 5. The summed E-state index contributed by atoms with van der Waals surface area (Å²) >= 11 is 0. The Morgan fingerprint density at radius 3 is 2.47 bits per heavy atom. The normalized spacial score (nSPS) is 26.2. The third-order valence-electron chi connectivity index (χ3n) is 7.06. The largest absolute Gasteiger partial charge is 0.466 e. The molecular weight excluding hydrogens is 414 g/mol. The van der Waals surface area contributed by atoms with Gasteiger partial charge in [0.2, 0.25) is 11.8 Å². The van der Waals surface area contributed by atoms with Crippen molar-refractivity contribution in [2.45, 2.75) is 46.0 Å². The maximum atomic E-state index is 13.0. The van der Waals surface area contributed by atoms with Crippen LogP contribution in [0.4, 0.5) is 17.1 Å². The number of nitrogens with zero attached hydrogens (tertiary/aromatic N) is 3. The number of amides is 2. The molecule has 0 bridgehead atoms. The molecule has 2 amide bonds. The number of imide groups is 1. The van der Waals surface area contributed by atoms with E-state index in [4.69, 9.17) is 4.74 Å². The summed E-state index contributed by atoms with van der Waals surface area (Å²) in [4.78, 5) is 52.4. The number of ether oxygens (including phenoxy) is 1. The van der Waals surface area contributed by atoms with E-state index < -0.39 is 4.92 Å². The minimum atomic E-state index is -0.476. The first-order chi connectivity index (χ1) is 15.3. The van der Waals surface area contributed by atoms with Crippen LogP contribution >= 0.6 is 0 Å². The second-order valence-electron chi connectivity index (χ2n) is 9.09. The van der Waals surface area contributed by atoms with Crippen LogP contribution in [0.3, 0.4) is 0 Å². The van der Waals surface area contributed by atoms with Gasteiger partial charge in [0.05, 0.1) is 35.0 Å². The Hall–Kier alpha value is -2.97. The van der Waals surface area contributed by atoms with Crippen molar-refractivity contribution < 1.29 is 24.0 Å². The first kappa shape index (κ1) is 22.2. The summed E-state index contributed by atoms with van der Waals surface area (Å²) in [7, 11) is 0. The second kappa shape index (κ2) is 8.88. The molecule has 2 saturated heterocycles. The van der Waals surface area contributed by atoms with E-state index in [1.807, 2.05) is 4.90 Å². The van der Waals surface area contributed by atoms with Crippen molar-refractivity contribution in [3.8, 4) is 0 Å². The Balaban J connectivity index is 1.56. The van der Waals surface area contributed by atoms with E-state index in [9.17, 15) is 24.5 Å². The first-order valence-corrected chi connectivity index (χ1v) is 11.4. The molecule has 4 rings (SSSR count). The zero-order valence-electron chi connectivity index (χ0n) is 18.5. The van der Waals surface area contributed by atoms with Gasteiger partial charge in [0.25, 0.3) is 5.69 Å². The Morgan fingerprint density at radius 1 is 1.12 bits per heavy atom. The zero-order valence-corrected chi connectivity index (χ0v) is 18.5. The molecule has 32 heavy (non-hydrogen) atoms. The average molecular weight is 444 g/mol. The summed E-state index contributed by atoms with van der Waals surface area (Å²) in [5, 5.41) is 11.9. The average Bonchev–Trinajstić information content (AvgIpc) is 3.03. The summed E-state index contributed by atoms with van der Waals surface area (Å²) in [5.41, 5.74) is 0.561. The van der Waals surface area contributed by atoms with Gasteiger partial charge in [-0.25, -0.2) is 4.90 Å². The minimum absolute atomic E-state index is 0.138. The van der Waals surface area contributed by atoms with Crippen LogP contribution in [0.5, 0.6) is 0 Å². The highest BCUT2D eigenvalue weighted by Gasteiger charge is 2.50. The minimum Gasteiger partial charge on any atom is -0.466 e. The lowest BCUT2D eigenvalue weighted by atomic mass is 9.76. The molecule has 1 aliphatic carbocycles. The molecule has 0 unspecified atom stereocenters. The van der Waals surface area contributed by atoms with E-state index in [0.717, 1.165) is 11.3 Å². The van der Waals surface area contributed by atoms with Gasteiger partial charge in [0, 0.05) is 19.2 Å². The van der Waals surface area contributed by atoms with E-state index >= 15 is 0 Å². The number of nitro benzene ring substituents is 1. The zero-order chi connectivity index (χ0) is 23.0. The summed E-state index contributed by atoms with van der Waals surface area (Å²) in [6.07, 6.45) is 3.39. The number of piperidine rings is 1. The van der Waals surface area contributed by atoms with Gasteiger partial charge < -0.3 is 9.64 Å². The Bertz CT molecular complexity index is 940. The van der Waals surface area contributed by atoms with Crippen LogP contribution in [0.25, 0.3) is 0 Å². The molecule has 3 aliphatic rings. The maximum Gasteiger partial charge on any atom is 0.309 e. The molecule has 0 spiro atoms. The SMILES string of the molecule is CCOC(=O)C1CCN(c2ccc(N3C(=O)[C@@H]4CC[C@H](C)C[C@H]4C3=O)cc2[N+](=O)[O-])CC1. The molecule has 1 saturated carbocycles. The number of benzene rings is 1. The second-order valence-corrected chi connectivity index (χ2v) is 9.09. The fraction of sp³-hybridized carbons (Fsp3) is 0.609. The predicted octanol–water partition coefficient (Wildman–Crippen LogP) is 3.30. The molecule has 2 aliphatic heterocycles. The fourth-order valence-corrected chi connectivity index (χ4v) is 5.32. The molecule has 172 valence electrons. The van der Waals surface area contributed by atoms with Crippen LogP contribution in [0.2, 0.25) is 0 Å². The smallest absolute Gasteiger partial charge is 0.309 e. The molecule has 3 atom stereocenters. The number of hydrogen-bond acceptors (Lipinski definition) is 7. The van der Waals surface area contributed by atoms with Crippen LogP contribution < -0.4 is 9.80 Å². The van der Waals surface area contributed by atoms with E-state index in [1.54, 1.807) is 19.1 Å². The van der Waals surface area contributed by atoms with Gasteiger partial charge in [0.1, 0.15) is 5.69 Å². The standard InChI is InChI=1S/C23H29N3O6/c1-3-32-23(29)15-8-10-24(11-9-15)19-7-5-16(13-20(19)26(30)31)25-21(27)17-6-4-14(2)12-18(17)22(25)28/h5,7,13-15,17-18H,3-4,6,8-12H2,1-2H3/t14-,17+,18+/m0/s1. The topological polar surface area (TPSA) is 110 Å². The van der Waals surface area contributed by atoms with E-state index in [0.29, 0.717) is 57.0 Å². The van der Waals surface area contributed by atoms with Gasteiger partial charge >= 0.3 is 5.97 Å². The van der Waals surface area contributed by atoms with Crippen LogP contribution in [-0.4, -0.2) is 42.4 Å². The summed E-state index contributed by atoms with van der Waals surface area (Å²) < 4.78 is 5.09. The summed E-state index contributed by atoms with van der Waals surface area (Å²) in [6, 6.07) is 4.57. The molecular formula is C23H29N3O6. The highest BCUT2D eigenvalue weighted by Crippen LogP contribution is 2.43. The van der Waals surface area contributed by atoms with Crippen molar-refractivity contribution in [2.75, 3.05) is 29.5 Å². The lowest BCUT2D eigenvalue weighted by Crippen LogP contribution is -2.37. The summed E-state index contributed by atoms with van der Waals surface area (Å²) in [6.45, 7) is 5.17. The Morgan fingerprint density at radius 2 is 1.81 bits per heavy atom. The van der Waals surface area contributed by atoms with Gasteiger partial charge in [-0.3, -0.25) is 24.5 Å². The lowest BCUT2D eigenvalue weighted by molar-refractivity contribution is -0.384. The number of hydrogen-bond donors (Lipinski definition) is 0. The molecule has 0 radical (unpaired) electrons. The number of carbonyl (C=O) groups excluding carboxylic acids is 3. The number of anilines is 2. The predicted molar refractivity (Wildman–Crippen MR) is 117 cm³/mol. The molecule has 1 aromatic carbocycles. The monoisotopic (exact) mass is 443 g/mol. The Kier molecular flexibility index (Phi) is 6.17. The maximum absolute atomic E-state index is 13.0. The van der Waals surface area contributed by atoms with E-state index in [-0.39, 0.29) is 46.9 Å². The van der Waals surface area contributed by atoms with Gasteiger partial charge in [-0.2, -0.15) is 0 Å². The molecule has 3 fully saturated rings. The number of esters is 1. The lowest BCUT2D eigenvalue weighted by Gasteiger charge is -2.32. The van der Waals surface area contributed by atoms with Gasteiger partial charge in [-0.05, 0) is 57.1 Å². The van der Waals surface area contributed by atoms with E-state index in [1.165, 1.54) is 6.07 Å². The fourth-order valence-electron chi connectivity index (χ4n) is 5.32. The third kappa shape index (κ3) is 3.96. The quantitative estimate of drug-likeness (QED) is 0.297. The number of fused-ring (bicyclic) bond motifs is 1. The highest BCUT2D eigenvalue weighted by molar-refractivity contribution is 6.22. The van der Waals surface area contributed by atoms with Crippen molar-refractivity contribution in [3.05, 3.63) is 28.3 Å². The van der Waals surface area contributed by atoms with Gasteiger partial charge in [-0.15, -0.1) is 0 Å². The highest BCUT2D eigenvalue weighted by atomic mass is 16.6.